The third-order valence-electron chi connectivity index (χ3n) is 8.74. The van der Waals surface area contributed by atoms with Crippen molar-refractivity contribution in [1.82, 2.24) is 20.0 Å². The lowest BCUT2D eigenvalue weighted by molar-refractivity contribution is -0.137. The Kier molecular flexibility index (Phi) is 7.69. The molecular weight excluding hydrogens is 575 g/mol. The highest BCUT2D eigenvalue weighted by Crippen LogP contribution is 2.37. The average Bonchev–Trinajstić information content (AvgIpc) is 3.27. The number of hydrogen-bond donors (Lipinski definition) is 1. The fourth-order valence-corrected chi connectivity index (χ4v) is 7.05. The maximum atomic E-state index is 15.6. The summed E-state index contributed by atoms with van der Waals surface area (Å²) in [7, 11) is 0. The number of alkyl halides is 2. The van der Waals surface area contributed by atoms with Gasteiger partial charge in [-0.15, -0.1) is 0 Å². The maximum Gasteiger partial charge on any atom is 0.275 e. The normalized spacial score (nSPS) is 25.4. The standard InChI is InChI=1S/C29H31Cl2F2N5O3/c30-21-5-2-6-22(26(21)31)36-11-13-37(14-12-36)24-9-10-35(17-29(24,32)33)15-18-3-1-4-19-20(18)16-38(28(19)41)23-7-8-25(39)34-27(23)40/h1-6,23-24H,7-17H2,(H,34,39,40). The van der Waals surface area contributed by atoms with Crippen LogP contribution in [0.2, 0.25) is 10.0 Å². The number of nitrogens with one attached hydrogen (secondary N) is 1. The van der Waals surface area contributed by atoms with Crippen molar-refractivity contribution in [2.75, 3.05) is 44.2 Å². The van der Waals surface area contributed by atoms with Gasteiger partial charge in [0.15, 0.2) is 0 Å². The second-order valence-corrected chi connectivity index (χ2v) is 12.0. The topological polar surface area (TPSA) is 76.2 Å². The van der Waals surface area contributed by atoms with E-state index in [1.54, 1.807) is 23.1 Å². The molecule has 3 fully saturated rings. The molecule has 4 aliphatic rings. The number of fused-ring (bicyclic) bond motifs is 1. The fraction of sp³-hybridized carbons (Fsp3) is 0.483. The highest BCUT2D eigenvalue weighted by Gasteiger charge is 2.48. The average molecular weight is 607 g/mol. The molecule has 2 atom stereocenters. The highest BCUT2D eigenvalue weighted by atomic mass is 35.5. The third kappa shape index (κ3) is 5.43. The first-order valence-electron chi connectivity index (χ1n) is 13.9. The van der Waals surface area contributed by atoms with Crippen molar-refractivity contribution < 1.29 is 23.2 Å². The summed E-state index contributed by atoms with van der Waals surface area (Å²) in [6.07, 6.45) is 0.790. The molecule has 218 valence electrons. The van der Waals surface area contributed by atoms with Gasteiger partial charge >= 0.3 is 0 Å². The Morgan fingerprint density at radius 1 is 0.951 bits per heavy atom. The molecule has 41 heavy (non-hydrogen) atoms. The zero-order valence-electron chi connectivity index (χ0n) is 22.4. The SMILES string of the molecule is O=C1CCC(N2Cc3c(CN4CCC(N5CCN(c6cccc(Cl)c6Cl)CC5)C(F)(F)C4)cccc3C2=O)C(=O)N1. The van der Waals surface area contributed by atoms with Crippen molar-refractivity contribution in [2.24, 2.45) is 0 Å². The van der Waals surface area contributed by atoms with Crippen molar-refractivity contribution in [2.45, 2.75) is 50.4 Å². The van der Waals surface area contributed by atoms with E-state index < -0.39 is 23.9 Å². The zero-order valence-corrected chi connectivity index (χ0v) is 23.9. The predicted molar refractivity (Wildman–Crippen MR) is 151 cm³/mol. The molecule has 12 heteroatoms. The van der Waals surface area contributed by atoms with Crippen LogP contribution in [0.5, 0.6) is 0 Å². The van der Waals surface area contributed by atoms with Crippen LogP contribution in [0.15, 0.2) is 36.4 Å². The van der Waals surface area contributed by atoms with Gasteiger partial charge in [-0.2, -0.15) is 0 Å². The van der Waals surface area contributed by atoms with Gasteiger partial charge in [-0.3, -0.25) is 29.5 Å². The van der Waals surface area contributed by atoms with Crippen LogP contribution in [0.3, 0.4) is 0 Å². The molecule has 0 saturated carbocycles. The molecular formula is C29H31Cl2F2N5O3. The Labute approximate surface area is 247 Å². The number of rotatable bonds is 5. The van der Waals surface area contributed by atoms with Crippen LogP contribution >= 0.6 is 23.2 Å². The summed E-state index contributed by atoms with van der Waals surface area (Å²) >= 11 is 12.5. The van der Waals surface area contributed by atoms with E-state index in [9.17, 15) is 14.4 Å². The largest absolute Gasteiger partial charge is 0.368 e. The van der Waals surface area contributed by atoms with Gasteiger partial charge in [-0.05, 0) is 42.2 Å². The van der Waals surface area contributed by atoms with Crippen molar-refractivity contribution in [1.29, 1.82) is 0 Å². The second-order valence-electron chi connectivity index (χ2n) is 11.2. The van der Waals surface area contributed by atoms with Gasteiger partial charge in [-0.25, -0.2) is 8.78 Å². The molecule has 6 rings (SSSR count). The van der Waals surface area contributed by atoms with Crippen molar-refractivity contribution in [3.8, 4) is 0 Å². The molecule has 1 N–H and O–H groups in total. The predicted octanol–water partition coefficient (Wildman–Crippen LogP) is 3.79. The minimum absolute atomic E-state index is 0.177. The number of imide groups is 1. The van der Waals surface area contributed by atoms with E-state index in [1.807, 2.05) is 23.1 Å². The number of benzene rings is 2. The van der Waals surface area contributed by atoms with Crippen LogP contribution in [-0.4, -0.2) is 89.7 Å². The van der Waals surface area contributed by atoms with Gasteiger partial charge in [-0.1, -0.05) is 41.4 Å². The van der Waals surface area contributed by atoms with Crippen molar-refractivity contribution in [3.05, 3.63) is 63.1 Å². The van der Waals surface area contributed by atoms with Crippen LogP contribution in [0, 0.1) is 0 Å². The summed E-state index contributed by atoms with van der Waals surface area (Å²) in [4.78, 5) is 44.3. The minimum Gasteiger partial charge on any atom is -0.368 e. The van der Waals surface area contributed by atoms with E-state index in [4.69, 9.17) is 23.2 Å². The fourth-order valence-electron chi connectivity index (χ4n) is 6.63. The summed E-state index contributed by atoms with van der Waals surface area (Å²) < 4.78 is 31.2. The van der Waals surface area contributed by atoms with Gasteiger partial charge in [0.25, 0.3) is 11.8 Å². The number of likely N-dealkylation sites (tertiary alicyclic amines) is 1. The maximum absolute atomic E-state index is 15.6. The molecule has 3 saturated heterocycles. The first-order valence-corrected chi connectivity index (χ1v) is 14.7. The van der Waals surface area contributed by atoms with Crippen LogP contribution in [0.1, 0.15) is 40.7 Å². The van der Waals surface area contributed by atoms with E-state index in [-0.39, 0.29) is 37.7 Å². The van der Waals surface area contributed by atoms with Gasteiger partial charge in [0.2, 0.25) is 11.8 Å². The summed E-state index contributed by atoms with van der Waals surface area (Å²) in [6, 6.07) is 9.25. The number of carbonyl (C=O) groups is 3. The van der Waals surface area contributed by atoms with E-state index in [0.717, 1.165) is 16.8 Å². The summed E-state index contributed by atoms with van der Waals surface area (Å²) in [6.45, 7) is 2.85. The van der Waals surface area contributed by atoms with Gasteiger partial charge in [0.1, 0.15) is 6.04 Å². The zero-order chi connectivity index (χ0) is 28.9. The Balaban J connectivity index is 1.09. The quantitative estimate of drug-likeness (QED) is 0.523. The minimum atomic E-state index is -2.90. The van der Waals surface area contributed by atoms with Crippen molar-refractivity contribution >= 4 is 46.6 Å². The lowest BCUT2D eigenvalue weighted by Crippen LogP contribution is -2.61. The number of piperazine rings is 1. The Bertz CT molecular complexity index is 1380. The highest BCUT2D eigenvalue weighted by molar-refractivity contribution is 6.43. The Morgan fingerprint density at radius 2 is 1.71 bits per heavy atom. The third-order valence-corrected chi connectivity index (χ3v) is 9.55. The number of piperidine rings is 2. The molecule has 0 spiro atoms. The molecule has 2 aromatic carbocycles. The van der Waals surface area contributed by atoms with Crippen molar-refractivity contribution in [3.63, 3.8) is 0 Å². The molecule has 0 bridgehead atoms. The number of halogens is 4. The van der Waals surface area contributed by atoms with Gasteiger partial charge in [0, 0.05) is 57.8 Å². The molecule has 0 aliphatic carbocycles. The van der Waals surface area contributed by atoms with E-state index in [0.29, 0.717) is 61.3 Å². The molecule has 8 nitrogen and oxygen atoms in total. The second kappa shape index (κ2) is 11.1. The molecule has 2 aromatic rings. The smallest absolute Gasteiger partial charge is 0.275 e. The number of amides is 3. The van der Waals surface area contributed by atoms with Crippen LogP contribution < -0.4 is 10.2 Å². The summed E-state index contributed by atoms with van der Waals surface area (Å²) in [5.74, 6) is -3.98. The van der Waals surface area contributed by atoms with Gasteiger partial charge < -0.3 is 9.80 Å². The summed E-state index contributed by atoms with van der Waals surface area (Å²) in [5.41, 5.74) is 2.90. The number of nitrogens with zero attached hydrogens (tertiary/aromatic N) is 4. The summed E-state index contributed by atoms with van der Waals surface area (Å²) in [5, 5.41) is 3.26. The van der Waals surface area contributed by atoms with E-state index >= 15 is 8.78 Å². The number of anilines is 1. The molecule has 4 heterocycles. The van der Waals surface area contributed by atoms with Gasteiger partial charge in [0.05, 0.1) is 28.3 Å². The lowest BCUT2D eigenvalue weighted by Gasteiger charge is -2.47. The number of carbonyl (C=O) groups excluding carboxylic acids is 3. The van der Waals surface area contributed by atoms with E-state index in [1.165, 1.54) is 4.90 Å². The van der Waals surface area contributed by atoms with Crippen LogP contribution in [-0.2, 0) is 22.7 Å². The monoisotopic (exact) mass is 605 g/mol. The Morgan fingerprint density at radius 3 is 2.44 bits per heavy atom. The molecule has 3 amide bonds. The molecule has 0 radical (unpaired) electrons. The van der Waals surface area contributed by atoms with E-state index in [2.05, 4.69) is 10.2 Å². The first-order chi connectivity index (χ1) is 19.6. The molecule has 0 aromatic heterocycles. The first kappa shape index (κ1) is 28.3. The molecule has 4 aliphatic heterocycles. The molecule has 2 unspecified atom stereocenters. The van der Waals surface area contributed by atoms with Crippen LogP contribution in [0.4, 0.5) is 14.5 Å². The van der Waals surface area contributed by atoms with Crippen LogP contribution in [0.25, 0.3) is 0 Å². The lowest BCUT2D eigenvalue weighted by atomic mass is 9.96. The Hall–Kier alpha value is -2.79. The number of hydrogen-bond acceptors (Lipinski definition) is 6.